The molecule has 0 bridgehead atoms. The number of halogens is 3. The van der Waals surface area contributed by atoms with Gasteiger partial charge in [-0.1, -0.05) is 84.9 Å². The molecule has 4 aromatic carbocycles. The van der Waals surface area contributed by atoms with Gasteiger partial charge in [0.05, 0.1) is 11.1 Å². The Balaban J connectivity index is 1.55. The SMILES string of the molecule is C=C(O)c1ccc(CCC(/C=C/c2ccccc2OC(F)(F)c2ccc(Cl)cc2)Cc2ccc(C(=O)O)cc2)cc1. The normalized spacial score (nSPS) is 12.3. The molecule has 4 aromatic rings. The second-order valence-electron chi connectivity index (χ2n) is 9.67. The fourth-order valence-electron chi connectivity index (χ4n) is 4.36. The van der Waals surface area contributed by atoms with E-state index in [-0.39, 0.29) is 28.6 Å². The number of aliphatic hydroxyl groups is 1. The summed E-state index contributed by atoms with van der Waals surface area (Å²) in [5.74, 6) is -0.949. The Morgan fingerprint density at radius 2 is 1.49 bits per heavy atom. The first-order valence-electron chi connectivity index (χ1n) is 13.0. The zero-order valence-corrected chi connectivity index (χ0v) is 22.9. The minimum atomic E-state index is -3.56. The molecule has 0 amide bonds. The van der Waals surface area contributed by atoms with Crippen LogP contribution in [0.15, 0.2) is 110 Å². The van der Waals surface area contributed by atoms with Crippen LogP contribution >= 0.6 is 11.6 Å². The van der Waals surface area contributed by atoms with E-state index >= 15 is 0 Å². The zero-order valence-electron chi connectivity index (χ0n) is 22.1. The minimum Gasteiger partial charge on any atom is -0.508 e. The molecule has 41 heavy (non-hydrogen) atoms. The number of hydrogen-bond donors (Lipinski definition) is 2. The number of benzene rings is 4. The van der Waals surface area contributed by atoms with Gasteiger partial charge >= 0.3 is 12.1 Å². The predicted molar refractivity (Wildman–Crippen MR) is 158 cm³/mol. The third kappa shape index (κ3) is 8.29. The number of para-hydroxylation sites is 1. The summed E-state index contributed by atoms with van der Waals surface area (Å²) in [6, 6.07) is 26.0. The molecule has 1 atom stereocenters. The fraction of sp³-hybridized carbons (Fsp3) is 0.147. The molecule has 0 saturated carbocycles. The number of rotatable bonds is 12. The molecule has 0 radical (unpaired) electrons. The van der Waals surface area contributed by atoms with Gasteiger partial charge in [0.15, 0.2) is 0 Å². The fourth-order valence-corrected chi connectivity index (χ4v) is 4.49. The Morgan fingerprint density at radius 1 is 0.878 bits per heavy atom. The third-order valence-corrected chi connectivity index (χ3v) is 6.93. The molecule has 0 heterocycles. The molecular weight excluding hydrogens is 546 g/mol. The van der Waals surface area contributed by atoms with Crippen LogP contribution in [-0.4, -0.2) is 16.2 Å². The smallest absolute Gasteiger partial charge is 0.426 e. The number of allylic oxidation sites excluding steroid dienone is 1. The summed E-state index contributed by atoms with van der Waals surface area (Å²) in [6.07, 6.45) is 2.27. The van der Waals surface area contributed by atoms with Gasteiger partial charge in [-0.15, -0.1) is 0 Å². The van der Waals surface area contributed by atoms with Crippen molar-refractivity contribution in [3.8, 4) is 5.75 Å². The molecule has 4 nitrogen and oxygen atoms in total. The van der Waals surface area contributed by atoms with Crippen molar-refractivity contribution in [1.82, 2.24) is 0 Å². The van der Waals surface area contributed by atoms with Crippen molar-refractivity contribution in [3.63, 3.8) is 0 Å². The number of carboxylic acids is 1. The summed E-state index contributed by atoms with van der Waals surface area (Å²) in [5.41, 5.74) is 3.07. The average molecular weight is 575 g/mol. The highest BCUT2D eigenvalue weighted by Crippen LogP contribution is 2.34. The van der Waals surface area contributed by atoms with Crippen LogP contribution < -0.4 is 4.74 Å². The Hall–Kier alpha value is -4.42. The van der Waals surface area contributed by atoms with Crippen LogP contribution in [0.4, 0.5) is 8.78 Å². The van der Waals surface area contributed by atoms with Gasteiger partial charge in [-0.25, -0.2) is 4.79 Å². The number of hydrogen-bond acceptors (Lipinski definition) is 3. The molecule has 0 aliphatic carbocycles. The average Bonchev–Trinajstić information content (AvgIpc) is 2.95. The number of carboxylic acid groups (broad SMARTS) is 1. The van der Waals surface area contributed by atoms with Crippen molar-refractivity contribution in [1.29, 1.82) is 0 Å². The molecule has 210 valence electrons. The van der Waals surface area contributed by atoms with Gasteiger partial charge in [0.2, 0.25) is 0 Å². The Bertz CT molecular complexity index is 1510. The number of aliphatic hydroxyl groups excluding tert-OH is 1. The molecule has 4 rings (SSSR count). The highest BCUT2D eigenvalue weighted by Gasteiger charge is 2.35. The van der Waals surface area contributed by atoms with Crippen LogP contribution in [-0.2, 0) is 19.0 Å². The molecule has 2 N–H and O–H groups in total. The van der Waals surface area contributed by atoms with Crippen molar-refractivity contribution in [2.75, 3.05) is 0 Å². The first kappa shape index (κ1) is 29.6. The van der Waals surface area contributed by atoms with E-state index in [9.17, 15) is 23.8 Å². The molecule has 0 fully saturated rings. The van der Waals surface area contributed by atoms with Crippen LogP contribution in [0.3, 0.4) is 0 Å². The van der Waals surface area contributed by atoms with Gasteiger partial charge < -0.3 is 14.9 Å². The maximum Gasteiger partial charge on any atom is 0.426 e. The highest BCUT2D eigenvalue weighted by molar-refractivity contribution is 6.30. The van der Waals surface area contributed by atoms with E-state index in [1.54, 1.807) is 48.5 Å². The molecular formula is C34H29ClF2O4. The Labute approximate surface area is 242 Å². The van der Waals surface area contributed by atoms with E-state index in [1.165, 1.54) is 30.3 Å². The van der Waals surface area contributed by atoms with Gasteiger partial charge in [0.25, 0.3) is 0 Å². The highest BCUT2D eigenvalue weighted by atomic mass is 35.5. The van der Waals surface area contributed by atoms with Crippen molar-refractivity contribution < 1.29 is 28.5 Å². The molecule has 0 spiro atoms. The van der Waals surface area contributed by atoms with Gasteiger partial charge in [-0.2, -0.15) is 8.78 Å². The van der Waals surface area contributed by atoms with Crippen LogP contribution in [0.1, 0.15) is 44.6 Å². The molecule has 0 aliphatic rings. The summed E-state index contributed by atoms with van der Waals surface area (Å²) >= 11 is 5.85. The Kier molecular flexibility index (Phi) is 9.58. The molecule has 0 saturated heterocycles. The summed E-state index contributed by atoms with van der Waals surface area (Å²) in [6.45, 7) is 3.54. The zero-order chi connectivity index (χ0) is 29.4. The quantitative estimate of drug-likeness (QED) is 0.165. The summed E-state index contributed by atoms with van der Waals surface area (Å²) < 4.78 is 35.1. The maximum atomic E-state index is 15.0. The summed E-state index contributed by atoms with van der Waals surface area (Å²) in [4.78, 5) is 11.3. The van der Waals surface area contributed by atoms with Crippen molar-refractivity contribution in [2.45, 2.75) is 25.4 Å². The van der Waals surface area contributed by atoms with E-state index < -0.39 is 12.1 Å². The van der Waals surface area contributed by atoms with Crippen LogP contribution in [0.25, 0.3) is 11.8 Å². The van der Waals surface area contributed by atoms with Gasteiger partial charge in [0.1, 0.15) is 11.5 Å². The standard InChI is InChI=1S/C34H29ClF2O4/c1-23(38)27-13-8-24(9-14-27)6-7-25(22-26-11-16-29(17-12-26)33(39)40)10-15-28-4-2-3-5-32(28)41-34(36,37)30-18-20-31(35)21-19-30/h2-5,8-21,25,38H,1,6-7,22H2,(H,39,40)/b15-10+. The summed E-state index contributed by atoms with van der Waals surface area (Å²) in [5, 5.41) is 19.2. The van der Waals surface area contributed by atoms with E-state index in [0.29, 0.717) is 22.6 Å². The Morgan fingerprint density at radius 3 is 2.12 bits per heavy atom. The number of aryl methyl sites for hydroxylation is 1. The van der Waals surface area contributed by atoms with Crippen LogP contribution in [0.5, 0.6) is 5.75 Å². The number of ether oxygens (including phenoxy) is 1. The lowest BCUT2D eigenvalue weighted by Gasteiger charge is -2.20. The first-order valence-corrected chi connectivity index (χ1v) is 13.4. The lowest BCUT2D eigenvalue weighted by molar-refractivity contribution is -0.185. The largest absolute Gasteiger partial charge is 0.508 e. The van der Waals surface area contributed by atoms with Crippen LogP contribution in [0, 0.1) is 5.92 Å². The van der Waals surface area contributed by atoms with E-state index in [0.717, 1.165) is 24.0 Å². The van der Waals surface area contributed by atoms with Gasteiger partial charge in [-0.05, 0) is 78.8 Å². The van der Waals surface area contributed by atoms with E-state index in [2.05, 4.69) is 6.58 Å². The minimum absolute atomic E-state index is 0.00277. The van der Waals surface area contributed by atoms with E-state index in [1.807, 2.05) is 30.3 Å². The number of alkyl halides is 2. The first-order chi connectivity index (χ1) is 19.6. The monoisotopic (exact) mass is 574 g/mol. The molecule has 0 aliphatic heterocycles. The van der Waals surface area contributed by atoms with Gasteiger partial charge in [0, 0.05) is 16.1 Å². The van der Waals surface area contributed by atoms with E-state index in [4.69, 9.17) is 16.3 Å². The third-order valence-electron chi connectivity index (χ3n) is 6.68. The second kappa shape index (κ2) is 13.3. The lowest BCUT2D eigenvalue weighted by Crippen LogP contribution is -2.22. The predicted octanol–water partition coefficient (Wildman–Crippen LogP) is 9.20. The van der Waals surface area contributed by atoms with Gasteiger partial charge in [-0.3, -0.25) is 0 Å². The van der Waals surface area contributed by atoms with Crippen molar-refractivity contribution >= 4 is 29.4 Å². The number of aromatic carboxylic acids is 1. The maximum absolute atomic E-state index is 15.0. The van der Waals surface area contributed by atoms with Crippen molar-refractivity contribution in [3.05, 3.63) is 148 Å². The topological polar surface area (TPSA) is 66.8 Å². The number of carbonyl (C=O) groups is 1. The van der Waals surface area contributed by atoms with Crippen LogP contribution in [0.2, 0.25) is 5.02 Å². The van der Waals surface area contributed by atoms with Crippen molar-refractivity contribution in [2.24, 2.45) is 5.92 Å². The lowest BCUT2D eigenvalue weighted by atomic mass is 9.91. The molecule has 1 unspecified atom stereocenters. The molecule has 7 heteroatoms. The molecule has 0 aromatic heterocycles. The summed E-state index contributed by atoms with van der Waals surface area (Å²) in [7, 11) is 0. The second-order valence-corrected chi connectivity index (χ2v) is 10.1.